The molecule has 0 saturated heterocycles. The minimum absolute atomic E-state index is 0.0146. The third-order valence-corrected chi connectivity index (χ3v) is 2.63. The van der Waals surface area contributed by atoms with Gasteiger partial charge < -0.3 is 10.2 Å². The molecular weight excluding hydrogens is 267 g/mol. The molecule has 1 aromatic carbocycles. The Balaban J connectivity index is 3.04. The van der Waals surface area contributed by atoms with Crippen molar-refractivity contribution in [3.63, 3.8) is 0 Å². The highest BCUT2D eigenvalue weighted by atomic mass is 79.9. The van der Waals surface area contributed by atoms with Crippen LogP contribution < -0.4 is 0 Å². The molecule has 5 heteroatoms. The van der Waals surface area contributed by atoms with E-state index in [-0.39, 0.29) is 5.56 Å². The number of hydrogen-bond donors (Lipinski definition) is 2. The largest absolute Gasteiger partial charge is 0.481 e. The second-order valence-electron chi connectivity index (χ2n) is 3.24. The third kappa shape index (κ3) is 2.76. The average Bonchev–Trinajstić information content (AvgIpc) is 2.19. The van der Waals surface area contributed by atoms with E-state index in [4.69, 9.17) is 5.11 Å². The van der Waals surface area contributed by atoms with Crippen molar-refractivity contribution in [3.05, 3.63) is 34.1 Å². The van der Waals surface area contributed by atoms with Crippen molar-refractivity contribution in [2.24, 2.45) is 5.92 Å². The zero-order chi connectivity index (χ0) is 11.6. The van der Waals surface area contributed by atoms with Crippen LogP contribution in [-0.4, -0.2) is 16.2 Å². The highest BCUT2D eigenvalue weighted by Crippen LogP contribution is 2.27. The molecule has 1 aromatic rings. The monoisotopic (exact) mass is 276 g/mol. The maximum atomic E-state index is 13.3. The lowest BCUT2D eigenvalue weighted by atomic mass is 9.97. The zero-order valence-corrected chi connectivity index (χ0v) is 9.53. The van der Waals surface area contributed by atoms with Gasteiger partial charge in [0.1, 0.15) is 5.82 Å². The summed E-state index contributed by atoms with van der Waals surface area (Å²) in [7, 11) is 0. The van der Waals surface area contributed by atoms with Gasteiger partial charge in [0, 0.05) is 10.0 Å². The summed E-state index contributed by atoms with van der Waals surface area (Å²) in [6, 6.07) is 4.04. The molecule has 2 atom stereocenters. The van der Waals surface area contributed by atoms with Crippen LogP contribution in [0.1, 0.15) is 18.6 Å². The van der Waals surface area contributed by atoms with Crippen LogP contribution in [0.25, 0.3) is 0 Å². The molecule has 0 heterocycles. The smallest absolute Gasteiger partial charge is 0.309 e. The van der Waals surface area contributed by atoms with Gasteiger partial charge in [0.15, 0.2) is 0 Å². The van der Waals surface area contributed by atoms with E-state index in [9.17, 15) is 14.3 Å². The minimum Gasteiger partial charge on any atom is -0.481 e. The van der Waals surface area contributed by atoms with Crippen molar-refractivity contribution < 1.29 is 19.4 Å². The second kappa shape index (κ2) is 4.72. The summed E-state index contributed by atoms with van der Waals surface area (Å²) in [4.78, 5) is 10.6. The van der Waals surface area contributed by atoms with Gasteiger partial charge in [-0.05, 0) is 25.1 Å². The summed E-state index contributed by atoms with van der Waals surface area (Å²) in [5.74, 6) is -2.82. The van der Waals surface area contributed by atoms with Crippen molar-refractivity contribution in [3.8, 4) is 0 Å². The first-order valence-electron chi connectivity index (χ1n) is 4.29. The van der Waals surface area contributed by atoms with Crippen LogP contribution in [0.4, 0.5) is 4.39 Å². The molecule has 82 valence electrons. The Morgan fingerprint density at radius 1 is 1.53 bits per heavy atom. The summed E-state index contributed by atoms with van der Waals surface area (Å²) in [6.45, 7) is 1.33. The first kappa shape index (κ1) is 12.1. The maximum Gasteiger partial charge on any atom is 0.309 e. The Bertz CT molecular complexity index is 381. The molecule has 2 unspecified atom stereocenters. The van der Waals surface area contributed by atoms with Gasteiger partial charge in [-0.1, -0.05) is 15.9 Å². The second-order valence-corrected chi connectivity index (χ2v) is 4.15. The first-order chi connectivity index (χ1) is 6.93. The standard InChI is InChI=1S/C10H10BrFO3/c1-5(10(14)15)9(13)7-4-6(11)2-3-8(7)12/h2-5,9,13H,1H3,(H,14,15). The molecule has 15 heavy (non-hydrogen) atoms. The van der Waals surface area contributed by atoms with Crippen LogP contribution in [0.3, 0.4) is 0 Å². The van der Waals surface area contributed by atoms with E-state index in [1.54, 1.807) is 0 Å². The molecule has 0 saturated carbocycles. The molecule has 2 N–H and O–H groups in total. The number of carboxylic acid groups (broad SMARTS) is 1. The lowest BCUT2D eigenvalue weighted by Gasteiger charge is -2.16. The molecule has 1 rings (SSSR count). The Morgan fingerprint density at radius 2 is 2.13 bits per heavy atom. The van der Waals surface area contributed by atoms with Crippen molar-refractivity contribution in [2.45, 2.75) is 13.0 Å². The Hall–Kier alpha value is -0.940. The lowest BCUT2D eigenvalue weighted by molar-refractivity contribution is -0.145. The summed E-state index contributed by atoms with van der Waals surface area (Å²) < 4.78 is 13.9. The van der Waals surface area contributed by atoms with Crippen molar-refractivity contribution in [1.82, 2.24) is 0 Å². The van der Waals surface area contributed by atoms with Gasteiger partial charge in [-0.15, -0.1) is 0 Å². The summed E-state index contributed by atoms with van der Waals surface area (Å²) in [5, 5.41) is 18.3. The predicted octanol–water partition coefficient (Wildman–Crippen LogP) is 2.34. The van der Waals surface area contributed by atoms with Crippen LogP contribution in [0.15, 0.2) is 22.7 Å². The van der Waals surface area contributed by atoms with E-state index in [0.717, 1.165) is 0 Å². The topological polar surface area (TPSA) is 57.5 Å². The number of carbonyl (C=O) groups is 1. The van der Waals surface area contributed by atoms with E-state index in [0.29, 0.717) is 4.47 Å². The molecule has 0 aliphatic carbocycles. The first-order valence-corrected chi connectivity index (χ1v) is 5.08. The molecule has 0 radical (unpaired) electrons. The van der Waals surface area contributed by atoms with Gasteiger partial charge >= 0.3 is 5.97 Å². The Labute approximate surface area is 94.7 Å². The summed E-state index contributed by atoms with van der Waals surface area (Å²) in [6.07, 6.45) is -1.35. The molecule has 0 aromatic heterocycles. The van der Waals surface area contributed by atoms with Crippen LogP contribution in [0.5, 0.6) is 0 Å². The van der Waals surface area contributed by atoms with Gasteiger partial charge in [0.05, 0.1) is 12.0 Å². The molecular formula is C10H10BrFO3. The van der Waals surface area contributed by atoms with E-state index in [1.807, 2.05) is 0 Å². The molecule has 0 bridgehead atoms. The molecule has 0 amide bonds. The van der Waals surface area contributed by atoms with E-state index >= 15 is 0 Å². The zero-order valence-electron chi connectivity index (χ0n) is 7.95. The van der Waals surface area contributed by atoms with Crippen LogP contribution in [0, 0.1) is 11.7 Å². The van der Waals surface area contributed by atoms with Gasteiger partial charge in [-0.2, -0.15) is 0 Å². The fraction of sp³-hybridized carbons (Fsp3) is 0.300. The van der Waals surface area contributed by atoms with Gasteiger partial charge in [0.25, 0.3) is 0 Å². The number of hydrogen-bond acceptors (Lipinski definition) is 2. The number of aliphatic hydroxyl groups is 1. The van der Waals surface area contributed by atoms with Gasteiger partial charge in [-0.25, -0.2) is 4.39 Å². The Morgan fingerprint density at radius 3 is 2.67 bits per heavy atom. The number of halogens is 2. The predicted molar refractivity (Wildman–Crippen MR) is 55.9 cm³/mol. The quantitative estimate of drug-likeness (QED) is 0.891. The fourth-order valence-corrected chi connectivity index (χ4v) is 1.52. The number of rotatable bonds is 3. The lowest BCUT2D eigenvalue weighted by Crippen LogP contribution is -2.19. The van der Waals surface area contributed by atoms with Gasteiger partial charge in [0.2, 0.25) is 0 Å². The van der Waals surface area contributed by atoms with E-state index < -0.39 is 23.8 Å². The highest BCUT2D eigenvalue weighted by molar-refractivity contribution is 9.10. The maximum absolute atomic E-state index is 13.3. The average molecular weight is 277 g/mol. The molecule has 0 spiro atoms. The van der Waals surface area contributed by atoms with E-state index in [2.05, 4.69) is 15.9 Å². The number of benzene rings is 1. The van der Waals surface area contributed by atoms with E-state index in [1.165, 1.54) is 25.1 Å². The molecule has 0 fully saturated rings. The number of aliphatic carboxylic acids is 1. The van der Waals surface area contributed by atoms with Crippen LogP contribution in [0.2, 0.25) is 0 Å². The fourth-order valence-electron chi connectivity index (χ4n) is 1.15. The van der Waals surface area contributed by atoms with Gasteiger partial charge in [-0.3, -0.25) is 4.79 Å². The highest BCUT2D eigenvalue weighted by Gasteiger charge is 2.25. The number of aliphatic hydroxyl groups excluding tert-OH is 1. The van der Waals surface area contributed by atoms with Crippen molar-refractivity contribution in [2.75, 3.05) is 0 Å². The molecule has 0 aliphatic rings. The Kier molecular flexibility index (Phi) is 3.82. The van der Waals surface area contributed by atoms with Crippen LogP contribution in [-0.2, 0) is 4.79 Å². The van der Waals surface area contributed by atoms with Crippen molar-refractivity contribution >= 4 is 21.9 Å². The summed E-state index contributed by atoms with van der Waals surface area (Å²) >= 11 is 3.13. The van der Waals surface area contributed by atoms with Crippen LogP contribution >= 0.6 is 15.9 Å². The SMILES string of the molecule is CC(C(=O)O)C(O)c1cc(Br)ccc1F. The number of carboxylic acids is 1. The minimum atomic E-state index is -1.35. The third-order valence-electron chi connectivity index (χ3n) is 2.14. The summed E-state index contributed by atoms with van der Waals surface area (Å²) in [5.41, 5.74) is -0.0146. The van der Waals surface area contributed by atoms with Crippen molar-refractivity contribution in [1.29, 1.82) is 0 Å². The normalized spacial score (nSPS) is 14.7. The molecule has 0 aliphatic heterocycles. The molecule has 3 nitrogen and oxygen atoms in total.